The van der Waals surface area contributed by atoms with Crippen LogP contribution in [0.3, 0.4) is 0 Å². The summed E-state index contributed by atoms with van der Waals surface area (Å²) >= 11 is 0. The Labute approximate surface area is 137 Å². The van der Waals surface area contributed by atoms with E-state index >= 15 is 0 Å². The Bertz CT molecular complexity index is 489. The molecule has 0 bridgehead atoms. The minimum Gasteiger partial charge on any atom is -0.491 e. The SMILES string of the molecule is COC(C)(C)C(=O)c1ccc(OCCOC2CCCCO2)cc1. The summed E-state index contributed by atoms with van der Waals surface area (Å²) in [4.78, 5) is 12.2. The topological polar surface area (TPSA) is 54.0 Å². The van der Waals surface area contributed by atoms with Crippen LogP contribution in [0.4, 0.5) is 0 Å². The van der Waals surface area contributed by atoms with Gasteiger partial charge < -0.3 is 18.9 Å². The Balaban J connectivity index is 1.75. The third-order valence-electron chi connectivity index (χ3n) is 3.97. The molecule has 1 aliphatic heterocycles. The molecule has 1 aliphatic rings. The van der Waals surface area contributed by atoms with Gasteiger partial charge in [-0.1, -0.05) is 0 Å². The molecule has 128 valence electrons. The fourth-order valence-electron chi connectivity index (χ4n) is 2.32. The molecule has 0 N–H and O–H groups in total. The lowest BCUT2D eigenvalue weighted by molar-refractivity contribution is -0.165. The number of methoxy groups -OCH3 is 1. The third kappa shape index (κ3) is 5.30. The third-order valence-corrected chi connectivity index (χ3v) is 3.97. The van der Waals surface area contributed by atoms with Gasteiger partial charge in [0.1, 0.15) is 18.0 Å². The second-order valence-electron chi connectivity index (χ2n) is 6.08. The van der Waals surface area contributed by atoms with Gasteiger partial charge in [-0.3, -0.25) is 4.79 Å². The van der Waals surface area contributed by atoms with Crippen molar-refractivity contribution in [2.75, 3.05) is 26.9 Å². The highest BCUT2D eigenvalue weighted by atomic mass is 16.7. The van der Waals surface area contributed by atoms with E-state index in [1.807, 2.05) is 0 Å². The predicted octanol–water partition coefficient (Wildman–Crippen LogP) is 3.22. The van der Waals surface area contributed by atoms with Crippen LogP contribution in [-0.2, 0) is 14.2 Å². The Hall–Kier alpha value is -1.43. The Morgan fingerprint density at radius 1 is 1.22 bits per heavy atom. The van der Waals surface area contributed by atoms with Gasteiger partial charge >= 0.3 is 0 Å². The normalized spacial score (nSPS) is 18.7. The van der Waals surface area contributed by atoms with Crippen LogP contribution < -0.4 is 4.74 Å². The van der Waals surface area contributed by atoms with Crippen molar-refractivity contribution in [1.29, 1.82) is 0 Å². The zero-order chi connectivity index (χ0) is 16.7. The highest BCUT2D eigenvalue weighted by Gasteiger charge is 2.27. The van der Waals surface area contributed by atoms with Crippen LogP contribution >= 0.6 is 0 Å². The highest BCUT2D eigenvalue weighted by Crippen LogP contribution is 2.19. The Morgan fingerprint density at radius 3 is 2.57 bits per heavy atom. The Morgan fingerprint density at radius 2 is 1.96 bits per heavy atom. The van der Waals surface area contributed by atoms with Crippen LogP contribution in [0.1, 0.15) is 43.5 Å². The van der Waals surface area contributed by atoms with E-state index in [9.17, 15) is 4.79 Å². The van der Waals surface area contributed by atoms with Crippen molar-refractivity contribution in [3.8, 4) is 5.75 Å². The molecule has 5 heteroatoms. The van der Waals surface area contributed by atoms with E-state index in [4.69, 9.17) is 18.9 Å². The molecule has 0 saturated carbocycles. The summed E-state index contributed by atoms with van der Waals surface area (Å²) < 4.78 is 21.9. The summed E-state index contributed by atoms with van der Waals surface area (Å²) in [6.45, 7) is 5.23. The zero-order valence-corrected chi connectivity index (χ0v) is 14.2. The standard InChI is InChI=1S/C18H26O5/c1-18(2,20-3)17(19)14-7-9-15(10-8-14)21-12-13-23-16-6-4-5-11-22-16/h7-10,16H,4-6,11-13H2,1-3H3. The lowest BCUT2D eigenvalue weighted by Crippen LogP contribution is -2.33. The van der Waals surface area contributed by atoms with E-state index in [0.717, 1.165) is 25.9 Å². The van der Waals surface area contributed by atoms with E-state index in [1.165, 1.54) is 7.11 Å². The summed E-state index contributed by atoms with van der Waals surface area (Å²) in [5, 5.41) is 0. The number of carbonyl (C=O) groups is 1. The molecule has 1 saturated heterocycles. The first-order valence-corrected chi connectivity index (χ1v) is 8.09. The van der Waals surface area contributed by atoms with Gasteiger partial charge in [0.15, 0.2) is 12.1 Å². The van der Waals surface area contributed by atoms with Crippen LogP contribution in [0, 0.1) is 0 Å². The number of ketones is 1. The van der Waals surface area contributed by atoms with E-state index in [1.54, 1.807) is 38.1 Å². The van der Waals surface area contributed by atoms with Crippen molar-refractivity contribution in [1.82, 2.24) is 0 Å². The quantitative estimate of drug-likeness (QED) is 0.543. The molecule has 5 nitrogen and oxygen atoms in total. The number of ether oxygens (including phenoxy) is 4. The molecular formula is C18H26O5. The fourth-order valence-corrected chi connectivity index (χ4v) is 2.32. The smallest absolute Gasteiger partial charge is 0.194 e. The predicted molar refractivity (Wildman–Crippen MR) is 86.9 cm³/mol. The second-order valence-corrected chi connectivity index (χ2v) is 6.08. The van der Waals surface area contributed by atoms with Crippen LogP contribution in [0.15, 0.2) is 24.3 Å². The molecule has 2 rings (SSSR count). The maximum atomic E-state index is 12.2. The monoisotopic (exact) mass is 322 g/mol. The van der Waals surface area contributed by atoms with E-state index in [2.05, 4.69) is 0 Å². The fraction of sp³-hybridized carbons (Fsp3) is 0.611. The number of hydrogen-bond acceptors (Lipinski definition) is 5. The van der Waals surface area contributed by atoms with Gasteiger partial charge in [-0.15, -0.1) is 0 Å². The maximum absolute atomic E-state index is 12.2. The summed E-state index contributed by atoms with van der Waals surface area (Å²) in [6, 6.07) is 7.08. The molecule has 0 radical (unpaired) electrons. The summed E-state index contributed by atoms with van der Waals surface area (Å²) in [5.74, 6) is 0.661. The molecule has 1 heterocycles. The van der Waals surface area contributed by atoms with Gasteiger partial charge in [0.25, 0.3) is 0 Å². The van der Waals surface area contributed by atoms with Crippen LogP contribution in [-0.4, -0.2) is 44.6 Å². The number of rotatable bonds is 8. The van der Waals surface area contributed by atoms with Crippen molar-refractivity contribution in [2.24, 2.45) is 0 Å². The molecule has 0 spiro atoms. The number of carbonyl (C=O) groups excluding carboxylic acids is 1. The average Bonchev–Trinajstić information content (AvgIpc) is 2.59. The minimum absolute atomic E-state index is 0.0515. The van der Waals surface area contributed by atoms with Crippen LogP contribution in [0.25, 0.3) is 0 Å². The first kappa shape index (κ1) is 17.9. The average molecular weight is 322 g/mol. The second kappa shape index (κ2) is 8.43. The molecule has 0 aromatic heterocycles. The van der Waals surface area contributed by atoms with Gasteiger partial charge in [-0.25, -0.2) is 0 Å². The lowest BCUT2D eigenvalue weighted by atomic mass is 9.96. The van der Waals surface area contributed by atoms with Gasteiger partial charge in [0.2, 0.25) is 0 Å². The molecule has 1 unspecified atom stereocenters. The molecular weight excluding hydrogens is 296 g/mol. The molecule has 1 atom stereocenters. The largest absolute Gasteiger partial charge is 0.491 e. The van der Waals surface area contributed by atoms with Crippen molar-refractivity contribution in [3.05, 3.63) is 29.8 Å². The first-order chi connectivity index (χ1) is 11.0. The number of Topliss-reactive ketones (excluding diaryl/α,β-unsaturated/α-hetero) is 1. The van der Waals surface area contributed by atoms with Crippen LogP contribution in [0.2, 0.25) is 0 Å². The van der Waals surface area contributed by atoms with Crippen molar-refractivity contribution in [2.45, 2.75) is 45.0 Å². The summed E-state index contributed by atoms with van der Waals surface area (Å²) in [7, 11) is 1.53. The van der Waals surface area contributed by atoms with E-state index in [-0.39, 0.29) is 12.1 Å². The zero-order valence-electron chi connectivity index (χ0n) is 14.2. The molecule has 0 aliphatic carbocycles. The molecule has 1 fully saturated rings. The van der Waals surface area contributed by atoms with Gasteiger partial charge in [-0.2, -0.15) is 0 Å². The lowest BCUT2D eigenvalue weighted by Gasteiger charge is -2.22. The summed E-state index contributed by atoms with van der Waals surface area (Å²) in [6.07, 6.45) is 3.12. The maximum Gasteiger partial charge on any atom is 0.194 e. The molecule has 1 aromatic carbocycles. The van der Waals surface area contributed by atoms with Gasteiger partial charge in [0, 0.05) is 19.3 Å². The van der Waals surface area contributed by atoms with Crippen molar-refractivity contribution in [3.63, 3.8) is 0 Å². The molecule has 0 amide bonds. The number of benzene rings is 1. The molecule has 23 heavy (non-hydrogen) atoms. The molecule has 1 aromatic rings. The minimum atomic E-state index is -0.823. The van der Waals surface area contributed by atoms with Gasteiger partial charge in [-0.05, 0) is 57.4 Å². The van der Waals surface area contributed by atoms with Gasteiger partial charge in [0.05, 0.1) is 6.61 Å². The summed E-state index contributed by atoms with van der Waals surface area (Å²) in [5.41, 5.74) is -0.216. The van der Waals surface area contributed by atoms with Crippen molar-refractivity contribution >= 4 is 5.78 Å². The first-order valence-electron chi connectivity index (χ1n) is 8.09. The van der Waals surface area contributed by atoms with Crippen molar-refractivity contribution < 1.29 is 23.7 Å². The van der Waals surface area contributed by atoms with Crippen LogP contribution in [0.5, 0.6) is 5.75 Å². The van der Waals surface area contributed by atoms with E-state index < -0.39 is 5.60 Å². The Kier molecular flexibility index (Phi) is 6.57. The number of hydrogen-bond donors (Lipinski definition) is 0. The van der Waals surface area contributed by atoms with E-state index in [0.29, 0.717) is 24.5 Å². The highest BCUT2D eigenvalue weighted by molar-refractivity contribution is 6.02.